The van der Waals surface area contributed by atoms with Gasteiger partial charge in [0.05, 0.1) is 5.84 Å². The number of likely N-dealkylation sites (tertiary alicyclic amines) is 1. The summed E-state index contributed by atoms with van der Waals surface area (Å²) in [5.41, 5.74) is 6.96. The van der Waals surface area contributed by atoms with Crippen molar-refractivity contribution in [3.05, 3.63) is 35.9 Å². The van der Waals surface area contributed by atoms with E-state index in [1.165, 1.54) is 18.5 Å². The number of nitrogens with two attached hydrogens (primary N) is 1. The molecule has 0 spiro atoms. The lowest BCUT2D eigenvalue weighted by Gasteiger charge is -2.15. The molecule has 1 heterocycles. The van der Waals surface area contributed by atoms with E-state index < -0.39 is 0 Å². The van der Waals surface area contributed by atoms with Gasteiger partial charge in [-0.05, 0) is 31.4 Å². The predicted molar refractivity (Wildman–Crippen MR) is 72.0 cm³/mol. The van der Waals surface area contributed by atoms with Crippen LogP contribution in [0.5, 0.6) is 0 Å². The fourth-order valence-corrected chi connectivity index (χ4v) is 2.32. The van der Waals surface area contributed by atoms with Gasteiger partial charge in [0, 0.05) is 19.6 Å². The first-order valence-corrected chi connectivity index (χ1v) is 6.27. The first-order chi connectivity index (χ1) is 8.24. The van der Waals surface area contributed by atoms with Crippen molar-refractivity contribution in [2.75, 3.05) is 19.6 Å². The summed E-state index contributed by atoms with van der Waals surface area (Å²) < 4.78 is 0. The van der Waals surface area contributed by atoms with E-state index in [2.05, 4.69) is 40.2 Å². The molecule has 2 N–H and O–H groups in total. The van der Waals surface area contributed by atoms with Crippen molar-refractivity contribution < 1.29 is 0 Å². The quantitative estimate of drug-likeness (QED) is 0.635. The topological polar surface area (TPSA) is 41.6 Å². The van der Waals surface area contributed by atoms with E-state index in [4.69, 9.17) is 5.73 Å². The fraction of sp³-hybridized carbons (Fsp3) is 0.500. The van der Waals surface area contributed by atoms with Crippen molar-refractivity contribution in [3.8, 4) is 0 Å². The SMILES string of the molecule is CC(N)=NCC1CCN(Cc2ccccc2)C1. The fourth-order valence-electron chi connectivity index (χ4n) is 2.32. The Hall–Kier alpha value is -1.35. The number of aliphatic imine (C=N–C) groups is 1. The molecule has 0 saturated carbocycles. The van der Waals surface area contributed by atoms with Crippen molar-refractivity contribution >= 4 is 5.84 Å². The molecule has 17 heavy (non-hydrogen) atoms. The molecule has 1 fully saturated rings. The number of nitrogens with zero attached hydrogens (tertiary/aromatic N) is 2. The second-order valence-electron chi connectivity index (χ2n) is 4.86. The van der Waals surface area contributed by atoms with Crippen molar-refractivity contribution in [1.82, 2.24) is 4.90 Å². The summed E-state index contributed by atoms with van der Waals surface area (Å²) in [6.07, 6.45) is 1.24. The smallest absolute Gasteiger partial charge is 0.0905 e. The average molecular weight is 231 g/mol. The van der Waals surface area contributed by atoms with Gasteiger partial charge in [-0.3, -0.25) is 9.89 Å². The molecule has 0 amide bonds. The summed E-state index contributed by atoms with van der Waals surface area (Å²) in [4.78, 5) is 6.82. The molecule has 1 aromatic carbocycles. The third-order valence-electron chi connectivity index (χ3n) is 3.22. The van der Waals surface area contributed by atoms with Crippen LogP contribution in [0.25, 0.3) is 0 Å². The van der Waals surface area contributed by atoms with Crippen molar-refractivity contribution in [2.45, 2.75) is 19.9 Å². The van der Waals surface area contributed by atoms with Crippen molar-refractivity contribution in [3.63, 3.8) is 0 Å². The van der Waals surface area contributed by atoms with Gasteiger partial charge in [0.25, 0.3) is 0 Å². The van der Waals surface area contributed by atoms with Gasteiger partial charge >= 0.3 is 0 Å². The molecule has 1 saturated heterocycles. The molecule has 1 atom stereocenters. The molecule has 92 valence electrons. The van der Waals surface area contributed by atoms with Gasteiger partial charge in [-0.15, -0.1) is 0 Å². The summed E-state index contributed by atoms with van der Waals surface area (Å²) in [5, 5.41) is 0. The van der Waals surface area contributed by atoms with E-state index in [9.17, 15) is 0 Å². The predicted octanol–water partition coefficient (Wildman–Crippen LogP) is 1.89. The molecule has 1 aromatic rings. The van der Waals surface area contributed by atoms with E-state index in [1.54, 1.807) is 0 Å². The summed E-state index contributed by atoms with van der Waals surface area (Å²) in [5.74, 6) is 1.38. The molecule has 3 nitrogen and oxygen atoms in total. The van der Waals surface area contributed by atoms with Crippen LogP contribution in [-0.4, -0.2) is 30.4 Å². The van der Waals surface area contributed by atoms with E-state index >= 15 is 0 Å². The molecule has 1 aliphatic heterocycles. The molecule has 3 heteroatoms. The number of benzene rings is 1. The summed E-state index contributed by atoms with van der Waals surface area (Å²) in [7, 11) is 0. The Morgan fingerprint density at radius 3 is 2.88 bits per heavy atom. The Balaban J connectivity index is 1.80. The van der Waals surface area contributed by atoms with Gasteiger partial charge in [-0.2, -0.15) is 0 Å². The lowest BCUT2D eigenvalue weighted by Crippen LogP contribution is -2.21. The van der Waals surface area contributed by atoms with E-state index in [0.29, 0.717) is 11.8 Å². The van der Waals surface area contributed by atoms with Crippen LogP contribution in [0.2, 0.25) is 0 Å². The van der Waals surface area contributed by atoms with Crippen LogP contribution in [0, 0.1) is 5.92 Å². The maximum atomic E-state index is 5.57. The molecule has 1 aliphatic rings. The second-order valence-corrected chi connectivity index (χ2v) is 4.86. The highest BCUT2D eigenvalue weighted by molar-refractivity contribution is 5.77. The number of amidine groups is 1. The second kappa shape index (κ2) is 5.82. The zero-order valence-electron chi connectivity index (χ0n) is 10.5. The van der Waals surface area contributed by atoms with Gasteiger partial charge < -0.3 is 5.73 Å². The van der Waals surface area contributed by atoms with Crippen LogP contribution in [0.3, 0.4) is 0 Å². The zero-order chi connectivity index (χ0) is 12.1. The zero-order valence-corrected chi connectivity index (χ0v) is 10.5. The Bertz CT molecular complexity index is 368. The number of rotatable bonds is 4. The van der Waals surface area contributed by atoms with Crippen LogP contribution in [0.4, 0.5) is 0 Å². The average Bonchev–Trinajstić information content (AvgIpc) is 2.75. The third kappa shape index (κ3) is 3.86. The summed E-state index contributed by atoms with van der Waals surface area (Å²) in [6.45, 7) is 6.12. The Kier molecular flexibility index (Phi) is 4.15. The first kappa shape index (κ1) is 12.1. The summed E-state index contributed by atoms with van der Waals surface area (Å²) >= 11 is 0. The Morgan fingerprint density at radius 1 is 1.41 bits per heavy atom. The van der Waals surface area contributed by atoms with Crippen LogP contribution in [-0.2, 0) is 6.54 Å². The highest BCUT2D eigenvalue weighted by Crippen LogP contribution is 2.18. The first-order valence-electron chi connectivity index (χ1n) is 6.27. The number of hydrogen-bond acceptors (Lipinski definition) is 2. The molecule has 0 radical (unpaired) electrons. The molecule has 0 aromatic heterocycles. The largest absolute Gasteiger partial charge is 0.388 e. The monoisotopic (exact) mass is 231 g/mol. The van der Waals surface area contributed by atoms with E-state index in [0.717, 1.165) is 19.6 Å². The highest BCUT2D eigenvalue weighted by Gasteiger charge is 2.21. The minimum absolute atomic E-state index is 0.678. The normalized spacial score (nSPS) is 21.9. The van der Waals surface area contributed by atoms with Gasteiger partial charge in [-0.25, -0.2) is 0 Å². The van der Waals surface area contributed by atoms with Gasteiger partial charge in [0.1, 0.15) is 0 Å². The lowest BCUT2D eigenvalue weighted by atomic mass is 10.1. The van der Waals surface area contributed by atoms with Gasteiger partial charge in [-0.1, -0.05) is 30.3 Å². The minimum atomic E-state index is 0.678. The minimum Gasteiger partial charge on any atom is -0.388 e. The molecule has 0 bridgehead atoms. The van der Waals surface area contributed by atoms with Crippen LogP contribution in [0.15, 0.2) is 35.3 Å². The molecular weight excluding hydrogens is 210 g/mol. The lowest BCUT2D eigenvalue weighted by molar-refractivity contribution is 0.318. The maximum absolute atomic E-state index is 5.57. The molecule has 0 aliphatic carbocycles. The van der Waals surface area contributed by atoms with Crippen molar-refractivity contribution in [1.29, 1.82) is 0 Å². The maximum Gasteiger partial charge on any atom is 0.0905 e. The third-order valence-corrected chi connectivity index (χ3v) is 3.22. The molecule has 1 unspecified atom stereocenters. The van der Waals surface area contributed by atoms with E-state index in [-0.39, 0.29) is 0 Å². The standard InChI is InChI=1S/C14H21N3/c1-12(15)16-9-14-7-8-17(11-14)10-13-5-3-2-4-6-13/h2-6,14H,7-11H2,1H3,(H2,15,16). The van der Waals surface area contributed by atoms with Crippen LogP contribution in [0.1, 0.15) is 18.9 Å². The Labute approximate surface area is 103 Å². The van der Waals surface area contributed by atoms with E-state index in [1.807, 2.05) is 6.92 Å². The highest BCUT2D eigenvalue weighted by atomic mass is 15.1. The summed E-state index contributed by atoms with van der Waals surface area (Å²) in [6, 6.07) is 10.6. The van der Waals surface area contributed by atoms with Gasteiger partial charge in [0.2, 0.25) is 0 Å². The van der Waals surface area contributed by atoms with Crippen LogP contribution >= 0.6 is 0 Å². The van der Waals surface area contributed by atoms with Gasteiger partial charge in [0.15, 0.2) is 0 Å². The number of hydrogen-bond donors (Lipinski definition) is 1. The molecular formula is C14H21N3. The van der Waals surface area contributed by atoms with Crippen LogP contribution < -0.4 is 5.73 Å². The molecule has 2 rings (SSSR count). The van der Waals surface area contributed by atoms with Crippen molar-refractivity contribution in [2.24, 2.45) is 16.6 Å². The Morgan fingerprint density at radius 2 is 2.18 bits per heavy atom.